The van der Waals surface area contributed by atoms with Gasteiger partial charge >= 0.3 is 0 Å². The van der Waals surface area contributed by atoms with Crippen LogP contribution in [0, 0.1) is 13.8 Å². The molecule has 3 rings (SSSR count). The van der Waals surface area contributed by atoms with Crippen molar-refractivity contribution < 1.29 is 13.3 Å². The summed E-state index contributed by atoms with van der Waals surface area (Å²) in [5, 5.41) is 4.56. The van der Waals surface area contributed by atoms with Crippen LogP contribution in [0.2, 0.25) is 0 Å². The second kappa shape index (κ2) is 6.91. The van der Waals surface area contributed by atoms with Gasteiger partial charge in [-0.1, -0.05) is 6.42 Å². The highest BCUT2D eigenvalue weighted by molar-refractivity contribution is 7.89. The van der Waals surface area contributed by atoms with Gasteiger partial charge in [0, 0.05) is 13.1 Å². The van der Waals surface area contributed by atoms with Gasteiger partial charge in [-0.05, 0) is 46.0 Å². The smallest absolute Gasteiger partial charge is 0.246 e. The van der Waals surface area contributed by atoms with Gasteiger partial charge < -0.3 is 4.90 Å². The molecule has 0 atom stereocenters. The van der Waals surface area contributed by atoms with Crippen molar-refractivity contribution in [3.8, 4) is 0 Å². The topological polar surface area (TPSA) is 59.6 Å². The first kappa shape index (κ1) is 16.9. The third kappa shape index (κ3) is 3.46. The minimum absolute atomic E-state index is 0.441. The summed E-state index contributed by atoms with van der Waals surface area (Å²) in [6.45, 7) is 8.11. The number of hydrogen-bond acceptors (Lipinski definition) is 3. The fourth-order valence-electron chi connectivity index (χ4n) is 3.86. The second-order valence-electron chi connectivity index (χ2n) is 6.93. The summed E-state index contributed by atoms with van der Waals surface area (Å²) in [6.07, 6.45) is 6.88. The Morgan fingerprint density at radius 1 is 1.00 bits per heavy atom. The highest BCUT2D eigenvalue weighted by Crippen LogP contribution is 2.25. The zero-order valence-electron chi connectivity index (χ0n) is 14.3. The molecular formula is C16H29N4O2S+. The lowest BCUT2D eigenvalue weighted by Gasteiger charge is -2.26. The molecule has 2 aliphatic heterocycles. The fraction of sp³-hybridized carbons (Fsp3) is 0.812. The van der Waals surface area contributed by atoms with Crippen molar-refractivity contribution in [2.24, 2.45) is 0 Å². The molecule has 23 heavy (non-hydrogen) atoms. The summed E-state index contributed by atoms with van der Waals surface area (Å²) in [4.78, 5) is 1.94. The monoisotopic (exact) mass is 341 g/mol. The van der Waals surface area contributed by atoms with Crippen LogP contribution in [0.25, 0.3) is 0 Å². The highest BCUT2D eigenvalue weighted by Gasteiger charge is 2.32. The fourth-order valence-corrected chi connectivity index (χ4v) is 5.75. The second-order valence-corrected chi connectivity index (χ2v) is 8.81. The van der Waals surface area contributed by atoms with E-state index in [4.69, 9.17) is 0 Å². The van der Waals surface area contributed by atoms with E-state index in [1.807, 2.05) is 18.5 Å². The third-order valence-electron chi connectivity index (χ3n) is 5.16. The van der Waals surface area contributed by atoms with Crippen molar-refractivity contribution >= 4 is 10.0 Å². The van der Waals surface area contributed by atoms with Crippen molar-refractivity contribution in [1.82, 2.24) is 14.1 Å². The Morgan fingerprint density at radius 2 is 1.61 bits per heavy atom. The van der Waals surface area contributed by atoms with Gasteiger partial charge in [0.25, 0.3) is 0 Å². The molecule has 2 fully saturated rings. The molecule has 0 spiro atoms. The van der Waals surface area contributed by atoms with E-state index in [1.54, 1.807) is 4.31 Å². The Kier molecular flexibility index (Phi) is 5.08. The van der Waals surface area contributed by atoms with Crippen molar-refractivity contribution in [1.29, 1.82) is 0 Å². The SMILES string of the molecule is Cc1nn(C[NH+]2CCCCC2)c(C)c1S(=O)(=O)N1CCCCC1. The van der Waals surface area contributed by atoms with E-state index in [1.165, 1.54) is 24.2 Å². The normalized spacial score (nSPS) is 21.7. The average molecular weight is 342 g/mol. The van der Waals surface area contributed by atoms with Gasteiger partial charge in [0.2, 0.25) is 10.0 Å². The molecule has 0 radical (unpaired) electrons. The third-order valence-corrected chi connectivity index (χ3v) is 7.31. The molecule has 0 saturated carbocycles. The molecule has 3 heterocycles. The summed E-state index contributed by atoms with van der Waals surface area (Å²) in [6, 6.07) is 0. The maximum Gasteiger partial charge on any atom is 0.246 e. The van der Waals surface area contributed by atoms with Gasteiger partial charge in [-0.3, -0.25) is 0 Å². The minimum atomic E-state index is -3.40. The Labute approximate surface area is 139 Å². The molecule has 2 aliphatic rings. The van der Waals surface area contributed by atoms with E-state index >= 15 is 0 Å². The Morgan fingerprint density at radius 3 is 2.26 bits per heavy atom. The van der Waals surface area contributed by atoms with Gasteiger partial charge in [0.05, 0.1) is 24.5 Å². The minimum Gasteiger partial charge on any atom is -0.316 e. The molecule has 0 amide bonds. The summed E-state index contributed by atoms with van der Waals surface area (Å²) < 4.78 is 29.6. The summed E-state index contributed by atoms with van der Waals surface area (Å²) in [5.41, 5.74) is 1.44. The predicted molar refractivity (Wildman–Crippen MR) is 88.9 cm³/mol. The lowest BCUT2D eigenvalue weighted by atomic mass is 10.1. The first-order valence-corrected chi connectivity index (χ1v) is 10.3. The zero-order valence-corrected chi connectivity index (χ0v) is 15.2. The first-order valence-electron chi connectivity index (χ1n) is 8.88. The van der Waals surface area contributed by atoms with Crippen molar-refractivity contribution in [2.45, 2.75) is 63.9 Å². The summed E-state index contributed by atoms with van der Waals surface area (Å²) >= 11 is 0. The van der Waals surface area contributed by atoms with E-state index in [9.17, 15) is 8.42 Å². The van der Waals surface area contributed by atoms with Gasteiger partial charge in [0.1, 0.15) is 4.90 Å². The number of piperidine rings is 2. The number of hydrogen-bond donors (Lipinski definition) is 1. The van der Waals surface area contributed by atoms with Crippen LogP contribution in [0.1, 0.15) is 49.9 Å². The Hall–Kier alpha value is -0.920. The summed E-state index contributed by atoms with van der Waals surface area (Å²) in [5.74, 6) is 0. The molecule has 1 aromatic rings. The zero-order chi connectivity index (χ0) is 16.4. The number of sulfonamides is 1. The van der Waals surface area contributed by atoms with Gasteiger partial charge in [-0.15, -0.1) is 0 Å². The van der Waals surface area contributed by atoms with Crippen LogP contribution in [-0.4, -0.2) is 48.7 Å². The van der Waals surface area contributed by atoms with Crippen LogP contribution in [0.4, 0.5) is 0 Å². The van der Waals surface area contributed by atoms with Crippen LogP contribution < -0.4 is 4.90 Å². The molecule has 0 bridgehead atoms. The molecule has 0 aromatic carbocycles. The van der Waals surface area contributed by atoms with Gasteiger partial charge in [-0.25, -0.2) is 13.1 Å². The van der Waals surface area contributed by atoms with Crippen molar-refractivity contribution in [2.75, 3.05) is 26.2 Å². The Bertz CT molecular complexity index is 641. The molecule has 7 heteroatoms. The van der Waals surface area contributed by atoms with Crippen LogP contribution >= 0.6 is 0 Å². The van der Waals surface area contributed by atoms with E-state index < -0.39 is 10.0 Å². The average Bonchev–Trinajstić information content (AvgIpc) is 2.83. The molecule has 0 aliphatic carbocycles. The number of quaternary nitrogens is 1. The lowest BCUT2D eigenvalue weighted by molar-refractivity contribution is -0.928. The number of nitrogens with zero attached hydrogens (tertiary/aromatic N) is 3. The maximum absolute atomic E-state index is 13.0. The largest absolute Gasteiger partial charge is 0.316 e. The molecule has 1 N–H and O–H groups in total. The first-order chi connectivity index (χ1) is 11.0. The van der Waals surface area contributed by atoms with E-state index in [0.717, 1.165) is 44.7 Å². The van der Waals surface area contributed by atoms with Crippen LogP contribution in [0.3, 0.4) is 0 Å². The van der Waals surface area contributed by atoms with Crippen molar-refractivity contribution in [3.05, 3.63) is 11.4 Å². The van der Waals surface area contributed by atoms with Crippen LogP contribution in [-0.2, 0) is 16.7 Å². The van der Waals surface area contributed by atoms with Crippen LogP contribution in [0.15, 0.2) is 4.90 Å². The van der Waals surface area contributed by atoms with Gasteiger partial charge in [-0.2, -0.15) is 9.40 Å². The quantitative estimate of drug-likeness (QED) is 0.877. The highest BCUT2D eigenvalue weighted by atomic mass is 32.2. The molecule has 6 nitrogen and oxygen atoms in total. The Balaban J connectivity index is 1.84. The van der Waals surface area contributed by atoms with E-state index in [0.29, 0.717) is 23.7 Å². The molecular weight excluding hydrogens is 312 g/mol. The van der Waals surface area contributed by atoms with Gasteiger partial charge in [0.15, 0.2) is 6.67 Å². The number of likely N-dealkylation sites (tertiary alicyclic amines) is 1. The molecule has 1 aromatic heterocycles. The van der Waals surface area contributed by atoms with Crippen molar-refractivity contribution in [3.63, 3.8) is 0 Å². The molecule has 0 unspecified atom stereocenters. The molecule has 130 valence electrons. The van der Waals surface area contributed by atoms with Crippen LogP contribution in [0.5, 0.6) is 0 Å². The molecule has 2 saturated heterocycles. The predicted octanol–water partition coefficient (Wildman–Crippen LogP) is 0.701. The number of aryl methyl sites for hydroxylation is 1. The maximum atomic E-state index is 13.0. The number of aromatic nitrogens is 2. The standard InChI is InChI=1S/C16H28N4O2S/c1-14-16(23(21,22)19-11-7-4-8-12-19)15(2)20(17-14)13-18-9-5-3-6-10-18/h3-13H2,1-2H3/p+1. The number of rotatable bonds is 4. The van der Waals surface area contributed by atoms with E-state index in [2.05, 4.69) is 5.10 Å². The van der Waals surface area contributed by atoms with E-state index in [-0.39, 0.29) is 0 Å². The number of nitrogens with one attached hydrogen (secondary N) is 1. The lowest BCUT2D eigenvalue weighted by Crippen LogP contribution is -3.12. The summed E-state index contributed by atoms with van der Waals surface area (Å²) in [7, 11) is -3.40.